The zero-order chi connectivity index (χ0) is 13.5. The summed E-state index contributed by atoms with van der Waals surface area (Å²) >= 11 is 0. The maximum atomic E-state index is 9.96. The molecule has 1 amide bonds. The van der Waals surface area contributed by atoms with Crippen LogP contribution in [0.3, 0.4) is 0 Å². The SMILES string of the molecule is O=CCCOCCOCCOCC(O)CNC=O. The molecule has 0 saturated carbocycles. The van der Waals surface area contributed by atoms with Crippen LogP contribution in [0.2, 0.25) is 0 Å². The lowest BCUT2D eigenvalue weighted by atomic mass is 10.4. The van der Waals surface area contributed by atoms with Gasteiger partial charge in [-0.25, -0.2) is 0 Å². The van der Waals surface area contributed by atoms with Crippen LogP contribution in [0.5, 0.6) is 0 Å². The van der Waals surface area contributed by atoms with Crippen molar-refractivity contribution < 1.29 is 28.9 Å². The Morgan fingerprint density at radius 1 is 1.00 bits per heavy atom. The molecule has 7 heteroatoms. The molecular weight excluding hydrogens is 242 g/mol. The molecule has 0 aliphatic carbocycles. The Bertz CT molecular complexity index is 202. The summed E-state index contributed by atoms with van der Waals surface area (Å²) in [5.74, 6) is 0. The fourth-order valence-corrected chi connectivity index (χ4v) is 1.03. The number of aldehydes is 1. The number of ether oxygens (including phenoxy) is 3. The van der Waals surface area contributed by atoms with Gasteiger partial charge in [-0.05, 0) is 0 Å². The summed E-state index contributed by atoms with van der Waals surface area (Å²) in [6, 6.07) is 0. The quantitative estimate of drug-likeness (QED) is 0.300. The third-order valence-electron chi connectivity index (χ3n) is 1.87. The van der Waals surface area contributed by atoms with Gasteiger partial charge in [-0.1, -0.05) is 0 Å². The molecule has 0 aliphatic rings. The third-order valence-corrected chi connectivity index (χ3v) is 1.87. The lowest BCUT2D eigenvalue weighted by Crippen LogP contribution is -2.30. The molecule has 1 unspecified atom stereocenters. The van der Waals surface area contributed by atoms with Crippen LogP contribution in [0.15, 0.2) is 0 Å². The van der Waals surface area contributed by atoms with E-state index in [-0.39, 0.29) is 13.2 Å². The van der Waals surface area contributed by atoms with E-state index in [0.717, 1.165) is 6.29 Å². The van der Waals surface area contributed by atoms with Crippen molar-refractivity contribution in [3.63, 3.8) is 0 Å². The molecule has 0 saturated heterocycles. The summed E-state index contributed by atoms with van der Waals surface area (Å²) in [7, 11) is 0. The summed E-state index contributed by atoms with van der Waals surface area (Å²) in [4.78, 5) is 19.9. The molecule has 1 atom stereocenters. The normalized spacial score (nSPS) is 12.1. The minimum atomic E-state index is -0.707. The minimum Gasteiger partial charge on any atom is -0.389 e. The van der Waals surface area contributed by atoms with Crippen LogP contribution in [0.25, 0.3) is 0 Å². The van der Waals surface area contributed by atoms with Crippen molar-refractivity contribution in [2.24, 2.45) is 0 Å². The number of carbonyl (C=O) groups is 2. The van der Waals surface area contributed by atoms with E-state index < -0.39 is 6.10 Å². The Morgan fingerprint density at radius 2 is 1.61 bits per heavy atom. The van der Waals surface area contributed by atoms with Gasteiger partial charge in [0.25, 0.3) is 0 Å². The first-order chi connectivity index (χ1) is 8.81. The van der Waals surface area contributed by atoms with Gasteiger partial charge in [0.15, 0.2) is 0 Å². The summed E-state index contributed by atoms with van der Waals surface area (Å²) in [6.07, 6.45) is 1.02. The lowest BCUT2D eigenvalue weighted by molar-refractivity contribution is -0.110. The van der Waals surface area contributed by atoms with Crippen molar-refractivity contribution >= 4 is 12.7 Å². The molecule has 0 fully saturated rings. The predicted octanol–water partition coefficient (Wildman–Crippen LogP) is -1.27. The van der Waals surface area contributed by atoms with E-state index in [9.17, 15) is 14.7 Å². The van der Waals surface area contributed by atoms with Crippen molar-refractivity contribution in [3.05, 3.63) is 0 Å². The minimum absolute atomic E-state index is 0.153. The molecule has 0 heterocycles. The summed E-state index contributed by atoms with van der Waals surface area (Å²) in [5.41, 5.74) is 0. The molecule has 0 spiro atoms. The number of hydrogen-bond donors (Lipinski definition) is 2. The maximum Gasteiger partial charge on any atom is 0.207 e. The van der Waals surface area contributed by atoms with Crippen LogP contribution < -0.4 is 5.32 Å². The van der Waals surface area contributed by atoms with Gasteiger partial charge in [0.1, 0.15) is 6.29 Å². The number of rotatable bonds is 14. The van der Waals surface area contributed by atoms with E-state index in [2.05, 4.69) is 5.32 Å². The second-order valence-corrected chi connectivity index (χ2v) is 3.43. The third kappa shape index (κ3) is 13.0. The molecular formula is C11H21NO6. The topological polar surface area (TPSA) is 94.1 Å². The predicted molar refractivity (Wildman–Crippen MR) is 63.2 cm³/mol. The average molecular weight is 263 g/mol. The van der Waals surface area contributed by atoms with E-state index in [0.29, 0.717) is 45.9 Å². The number of carbonyl (C=O) groups excluding carboxylic acids is 2. The van der Waals surface area contributed by atoms with Crippen molar-refractivity contribution in [3.8, 4) is 0 Å². The van der Waals surface area contributed by atoms with Crippen molar-refractivity contribution in [2.75, 3.05) is 46.2 Å². The molecule has 18 heavy (non-hydrogen) atoms. The number of hydrogen-bond acceptors (Lipinski definition) is 6. The first-order valence-corrected chi connectivity index (χ1v) is 5.83. The molecule has 0 rings (SSSR count). The average Bonchev–Trinajstić information content (AvgIpc) is 2.38. The Morgan fingerprint density at radius 3 is 2.22 bits per heavy atom. The smallest absolute Gasteiger partial charge is 0.207 e. The second kappa shape index (κ2) is 14.0. The van der Waals surface area contributed by atoms with E-state index in [1.165, 1.54) is 0 Å². The molecule has 0 aromatic carbocycles. The largest absolute Gasteiger partial charge is 0.389 e. The summed E-state index contributed by atoms with van der Waals surface area (Å²) < 4.78 is 15.4. The highest BCUT2D eigenvalue weighted by Crippen LogP contribution is 1.85. The van der Waals surface area contributed by atoms with E-state index >= 15 is 0 Å². The summed E-state index contributed by atoms with van der Waals surface area (Å²) in [5, 5.41) is 11.6. The van der Waals surface area contributed by atoms with Gasteiger partial charge in [0.2, 0.25) is 6.41 Å². The number of nitrogens with one attached hydrogen (secondary N) is 1. The Hall–Kier alpha value is -1.02. The molecule has 106 valence electrons. The Kier molecular flexibility index (Phi) is 13.2. The van der Waals surface area contributed by atoms with Crippen LogP contribution in [-0.2, 0) is 23.8 Å². The number of aliphatic hydroxyl groups is 1. The van der Waals surface area contributed by atoms with Gasteiger partial charge in [-0.2, -0.15) is 0 Å². The standard InChI is InChI=1S/C11H21NO6/c13-2-1-3-16-4-5-17-6-7-18-9-11(15)8-12-10-14/h2,10-11,15H,1,3-9H2,(H,12,14). The number of amides is 1. The van der Waals surface area contributed by atoms with E-state index in [4.69, 9.17) is 14.2 Å². The molecule has 0 aromatic rings. The Labute approximate surface area is 106 Å². The highest BCUT2D eigenvalue weighted by Gasteiger charge is 2.02. The molecule has 0 bridgehead atoms. The molecule has 0 radical (unpaired) electrons. The van der Waals surface area contributed by atoms with Gasteiger partial charge in [-0.3, -0.25) is 4.79 Å². The van der Waals surface area contributed by atoms with Gasteiger partial charge in [0, 0.05) is 13.0 Å². The molecule has 2 N–H and O–H groups in total. The van der Waals surface area contributed by atoms with Gasteiger partial charge in [-0.15, -0.1) is 0 Å². The van der Waals surface area contributed by atoms with Crippen LogP contribution in [0.1, 0.15) is 6.42 Å². The van der Waals surface area contributed by atoms with E-state index in [1.54, 1.807) is 0 Å². The van der Waals surface area contributed by atoms with Gasteiger partial charge >= 0.3 is 0 Å². The lowest BCUT2D eigenvalue weighted by Gasteiger charge is -2.10. The maximum absolute atomic E-state index is 9.96. The zero-order valence-electron chi connectivity index (χ0n) is 10.4. The monoisotopic (exact) mass is 263 g/mol. The van der Waals surface area contributed by atoms with Crippen LogP contribution in [0, 0.1) is 0 Å². The van der Waals surface area contributed by atoms with Crippen molar-refractivity contribution in [2.45, 2.75) is 12.5 Å². The van der Waals surface area contributed by atoms with Crippen LogP contribution in [-0.4, -0.2) is 70.1 Å². The highest BCUT2D eigenvalue weighted by atomic mass is 16.5. The van der Waals surface area contributed by atoms with E-state index in [1.807, 2.05) is 0 Å². The summed E-state index contributed by atoms with van der Waals surface area (Å²) in [6.45, 7) is 2.41. The van der Waals surface area contributed by atoms with Crippen LogP contribution in [0.4, 0.5) is 0 Å². The zero-order valence-corrected chi connectivity index (χ0v) is 10.4. The van der Waals surface area contributed by atoms with Gasteiger partial charge < -0.3 is 29.4 Å². The number of aliphatic hydroxyl groups excluding tert-OH is 1. The molecule has 7 nitrogen and oxygen atoms in total. The van der Waals surface area contributed by atoms with Crippen molar-refractivity contribution in [1.82, 2.24) is 5.32 Å². The fourth-order valence-electron chi connectivity index (χ4n) is 1.03. The first kappa shape index (κ1) is 17.0. The second-order valence-electron chi connectivity index (χ2n) is 3.43. The first-order valence-electron chi connectivity index (χ1n) is 5.83. The fraction of sp³-hybridized carbons (Fsp3) is 0.818. The van der Waals surface area contributed by atoms with Crippen molar-refractivity contribution in [1.29, 1.82) is 0 Å². The Balaban J connectivity index is 3.06. The van der Waals surface area contributed by atoms with Crippen LogP contribution >= 0.6 is 0 Å². The molecule has 0 aliphatic heterocycles. The molecule has 0 aromatic heterocycles. The highest BCUT2D eigenvalue weighted by molar-refractivity contribution is 5.49. The van der Waals surface area contributed by atoms with Gasteiger partial charge in [0.05, 0.1) is 45.7 Å².